The van der Waals surface area contributed by atoms with Crippen LogP contribution in [0.5, 0.6) is 0 Å². The Morgan fingerprint density at radius 3 is 2.62 bits per heavy atom. The number of piperidine rings is 1. The molecule has 1 aliphatic heterocycles. The van der Waals surface area contributed by atoms with E-state index in [4.69, 9.17) is 22.4 Å². The average molecular weight is 384 g/mol. The molecule has 0 aliphatic carbocycles. The van der Waals surface area contributed by atoms with Crippen LogP contribution in [0.25, 0.3) is 0 Å². The Bertz CT molecular complexity index is 639. The van der Waals surface area contributed by atoms with Gasteiger partial charge in [-0.05, 0) is 57.0 Å². The molecule has 1 atom stereocenters. The molecule has 0 radical (unpaired) electrons. The number of aliphatic hydroxyl groups excluding tert-OH is 1. The van der Waals surface area contributed by atoms with E-state index in [1.54, 1.807) is 11.8 Å². The number of anilines is 1. The second kappa shape index (κ2) is 9.14. The smallest absolute Gasteiger partial charge is 0.246 e. The highest BCUT2D eigenvalue weighted by Gasteiger charge is 2.26. The van der Waals surface area contributed by atoms with Gasteiger partial charge in [-0.2, -0.15) is 0 Å². The zero-order chi connectivity index (χ0) is 19.3. The number of rotatable bonds is 6. The fraction of sp³-hybridized carbons (Fsp3) is 0.647. The summed E-state index contributed by atoms with van der Waals surface area (Å²) in [6.45, 7) is 4.22. The summed E-state index contributed by atoms with van der Waals surface area (Å²) in [5, 5.41) is 11.4. The largest absolute Gasteiger partial charge is 0.387 e. The van der Waals surface area contributed by atoms with Crippen molar-refractivity contribution >= 4 is 29.2 Å². The number of carbonyl (C=O) groups is 2. The quantitative estimate of drug-likeness (QED) is 0.621. The van der Waals surface area contributed by atoms with E-state index in [9.17, 15) is 9.59 Å². The number of hydrogen-bond donors (Lipinski definition) is 3. The van der Waals surface area contributed by atoms with Crippen molar-refractivity contribution in [3.05, 3.63) is 16.5 Å². The van der Waals surface area contributed by atoms with Crippen molar-refractivity contribution in [1.82, 2.24) is 20.2 Å². The summed E-state index contributed by atoms with van der Waals surface area (Å²) in [5.41, 5.74) is 7.69. The molecule has 144 valence electrons. The molecule has 1 unspecified atom stereocenters. The maximum atomic E-state index is 12.3. The van der Waals surface area contributed by atoms with Crippen molar-refractivity contribution in [1.29, 1.82) is 0 Å². The number of halogens is 1. The molecule has 1 aliphatic rings. The number of aryl methyl sites for hydroxylation is 1. The first kappa shape index (κ1) is 20.4. The van der Waals surface area contributed by atoms with E-state index in [1.165, 1.54) is 0 Å². The van der Waals surface area contributed by atoms with Gasteiger partial charge < -0.3 is 21.1 Å². The minimum Gasteiger partial charge on any atom is -0.387 e. The zero-order valence-electron chi connectivity index (χ0n) is 15.2. The van der Waals surface area contributed by atoms with E-state index in [-0.39, 0.29) is 11.2 Å². The number of nitrogen functional groups attached to an aromatic ring is 1. The van der Waals surface area contributed by atoms with Crippen LogP contribution in [0.15, 0.2) is 0 Å². The Labute approximate surface area is 158 Å². The first-order valence-corrected chi connectivity index (χ1v) is 9.17. The first-order valence-electron chi connectivity index (χ1n) is 8.79. The number of aliphatic hydroxyl groups is 1. The van der Waals surface area contributed by atoms with Crippen LogP contribution < -0.4 is 11.1 Å². The number of amides is 2. The Kier molecular flexibility index (Phi) is 7.16. The number of nitrogens with one attached hydrogen (secondary N) is 1. The molecular formula is C17H26ClN5O3. The van der Waals surface area contributed by atoms with E-state index in [1.807, 2.05) is 6.92 Å². The maximum absolute atomic E-state index is 12.3. The summed E-state index contributed by atoms with van der Waals surface area (Å²) in [5.74, 6) is 0.273. The highest BCUT2D eigenvalue weighted by atomic mass is 35.5. The number of likely N-dealkylation sites (tertiary alicyclic amines) is 1. The van der Waals surface area contributed by atoms with E-state index in [0.717, 1.165) is 36.9 Å². The van der Waals surface area contributed by atoms with Crippen molar-refractivity contribution in [2.75, 3.05) is 25.4 Å². The van der Waals surface area contributed by atoms with Crippen LogP contribution in [0.3, 0.4) is 0 Å². The Hall–Kier alpha value is -1.93. The van der Waals surface area contributed by atoms with Gasteiger partial charge in [0, 0.05) is 24.3 Å². The van der Waals surface area contributed by atoms with Gasteiger partial charge in [0.05, 0.1) is 0 Å². The molecule has 1 aromatic rings. The van der Waals surface area contributed by atoms with Crippen LogP contribution in [-0.4, -0.2) is 57.5 Å². The van der Waals surface area contributed by atoms with Crippen LogP contribution in [0, 0.1) is 12.8 Å². The molecule has 8 nitrogen and oxygen atoms in total. The van der Waals surface area contributed by atoms with Crippen LogP contribution in [-0.2, 0) is 16.0 Å². The molecule has 0 aromatic carbocycles. The van der Waals surface area contributed by atoms with Crippen molar-refractivity contribution in [2.24, 2.45) is 5.92 Å². The number of hydrogen-bond acceptors (Lipinski definition) is 6. The third kappa shape index (κ3) is 5.28. The Morgan fingerprint density at radius 1 is 1.38 bits per heavy atom. The summed E-state index contributed by atoms with van der Waals surface area (Å²) >= 11 is 5.80. The first-order chi connectivity index (χ1) is 12.3. The fourth-order valence-electron chi connectivity index (χ4n) is 3.31. The zero-order valence-corrected chi connectivity index (χ0v) is 15.9. The molecule has 4 N–H and O–H groups in total. The normalized spacial score (nSPS) is 16.4. The number of aromatic nitrogens is 2. The average Bonchev–Trinajstić information content (AvgIpc) is 2.60. The van der Waals surface area contributed by atoms with Gasteiger partial charge in [-0.15, -0.1) is 0 Å². The molecule has 2 amide bonds. The van der Waals surface area contributed by atoms with Gasteiger partial charge in [0.2, 0.25) is 17.1 Å². The molecule has 2 rings (SSSR count). The molecule has 2 heterocycles. The minimum atomic E-state index is -0.625. The SMILES string of the molecule is Cc1nc(Cl)nc(N)c1CCC1CCN(C(=O)C(C)NC(=O)CO)CC1. The van der Waals surface area contributed by atoms with Gasteiger partial charge in [0.15, 0.2) is 0 Å². The lowest BCUT2D eigenvalue weighted by Crippen LogP contribution is -2.49. The van der Waals surface area contributed by atoms with Crippen LogP contribution >= 0.6 is 11.6 Å². The number of nitrogens with two attached hydrogens (primary N) is 1. The van der Waals surface area contributed by atoms with Gasteiger partial charge in [-0.25, -0.2) is 9.97 Å². The maximum Gasteiger partial charge on any atom is 0.246 e. The summed E-state index contributed by atoms with van der Waals surface area (Å²) < 4.78 is 0. The standard InChI is InChI=1S/C17H26ClN5O3/c1-10-13(15(19)22-17(18)21-10)4-3-12-5-7-23(8-6-12)16(26)11(2)20-14(25)9-24/h11-12,24H,3-9H2,1-2H3,(H,20,25)(H2,19,21,22). The van der Waals surface area contributed by atoms with Gasteiger partial charge in [-0.1, -0.05) is 0 Å². The van der Waals surface area contributed by atoms with E-state index >= 15 is 0 Å². The second-order valence-corrected chi connectivity index (χ2v) is 7.03. The van der Waals surface area contributed by atoms with Crippen LogP contribution in [0.2, 0.25) is 5.28 Å². The van der Waals surface area contributed by atoms with Gasteiger partial charge in [0.25, 0.3) is 0 Å². The molecule has 0 saturated carbocycles. The molecule has 0 bridgehead atoms. The molecule has 1 fully saturated rings. The topological polar surface area (TPSA) is 121 Å². The van der Waals surface area contributed by atoms with Gasteiger partial charge in [0.1, 0.15) is 18.5 Å². The second-order valence-electron chi connectivity index (χ2n) is 6.70. The molecule has 26 heavy (non-hydrogen) atoms. The van der Waals surface area contributed by atoms with Gasteiger partial charge in [-0.3, -0.25) is 9.59 Å². The van der Waals surface area contributed by atoms with E-state index in [2.05, 4.69) is 15.3 Å². The molecule has 1 saturated heterocycles. The molecule has 1 aromatic heterocycles. The third-order valence-corrected chi connectivity index (χ3v) is 5.01. The van der Waals surface area contributed by atoms with Crippen molar-refractivity contribution in [3.8, 4) is 0 Å². The summed E-state index contributed by atoms with van der Waals surface area (Å²) in [6, 6.07) is -0.625. The highest BCUT2D eigenvalue weighted by Crippen LogP contribution is 2.25. The summed E-state index contributed by atoms with van der Waals surface area (Å²) in [7, 11) is 0. The Balaban J connectivity index is 1.82. The predicted octanol–water partition coefficient (Wildman–Crippen LogP) is 0.689. The third-order valence-electron chi connectivity index (χ3n) is 4.84. The highest BCUT2D eigenvalue weighted by molar-refractivity contribution is 6.28. The predicted molar refractivity (Wildman–Crippen MR) is 98.5 cm³/mol. The fourth-order valence-corrected chi connectivity index (χ4v) is 3.52. The molecule has 9 heteroatoms. The summed E-state index contributed by atoms with van der Waals surface area (Å²) in [4.78, 5) is 33.5. The van der Waals surface area contributed by atoms with Crippen molar-refractivity contribution in [3.63, 3.8) is 0 Å². The van der Waals surface area contributed by atoms with E-state index in [0.29, 0.717) is 24.8 Å². The van der Waals surface area contributed by atoms with E-state index < -0.39 is 18.6 Å². The lowest BCUT2D eigenvalue weighted by atomic mass is 9.90. The van der Waals surface area contributed by atoms with Crippen molar-refractivity contribution in [2.45, 2.75) is 45.6 Å². The Morgan fingerprint density at radius 2 is 2.04 bits per heavy atom. The van der Waals surface area contributed by atoms with Crippen molar-refractivity contribution < 1.29 is 14.7 Å². The van der Waals surface area contributed by atoms with Gasteiger partial charge >= 0.3 is 0 Å². The van der Waals surface area contributed by atoms with Crippen LogP contribution in [0.1, 0.15) is 37.4 Å². The minimum absolute atomic E-state index is 0.114. The molecular weight excluding hydrogens is 358 g/mol. The lowest BCUT2D eigenvalue weighted by Gasteiger charge is -2.33. The molecule has 0 spiro atoms. The van der Waals surface area contributed by atoms with Crippen LogP contribution in [0.4, 0.5) is 5.82 Å². The number of nitrogens with zero attached hydrogens (tertiary/aromatic N) is 3. The summed E-state index contributed by atoms with van der Waals surface area (Å²) in [6.07, 6.45) is 3.55. The lowest BCUT2D eigenvalue weighted by molar-refractivity contribution is -0.137. The number of carbonyl (C=O) groups excluding carboxylic acids is 2. The monoisotopic (exact) mass is 383 g/mol.